The number of rotatable bonds is 4. The second kappa shape index (κ2) is 8.05. The first kappa shape index (κ1) is 23.6. The molecule has 0 saturated heterocycles. The molecule has 1 aromatic carbocycles. The molecule has 0 bridgehead atoms. The Morgan fingerprint density at radius 1 is 1.21 bits per heavy atom. The fraction of sp³-hybridized carbons (Fsp3) is 0.273. The van der Waals surface area contributed by atoms with Crippen LogP contribution in [0.3, 0.4) is 0 Å². The zero-order valence-corrected chi connectivity index (χ0v) is 19.9. The highest BCUT2D eigenvalue weighted by atomic mass is 32.2. The SMILES string of the molecule is CC1(C)CC(=O)C2=C(C1)N(c1ccc(S(N)(=O)=O)cc1)C(N)=C(C#N)[C@@H]2c1ccc([N+](=O)[O-])s1. The molecule has 2 heterocycles. The van der Waals surface area contributed by atoms with Gasteiger partial charge in [-0.2, -0.15) is 5.26 Å². The fourth-order valence-corrected chi connectivity index (χ4v) is 5.93. The van der Waals surface area contributed by atoms with Crippen molar-refractivity contribution in [1.29, 1.82) is 5.26 Å². The van der Waals surface area contributed by atoms with Gasteiger partial charge in [-0.15, -0.1) is 0 Å². The van der Waals surface area contributed by atoms with Gasteiger partial charge in [-0.25, -0.2) is 13.6 Å². The Hall–Kier alpha value is -3.53. The van der Waals surface area contributed by atoms with Crippen molar-refractivity contribution in [3.8, 4) is 6.07 Å². The van der Waals surface area contributed by atoms with Gasteiger partial charge >= 0.3 is 5.00 Å². The van der Waals surface area contributed by atoms with Crippen molar-refractivity contribution in [2.45, 2.75) is 37.5 Å². The normalized spacial score (nSPS) is 20.2. The Balaban J connectivity index is 1.95. The summed E-state index contributed by atoms with van der Waals surface area (Å²) in [6.45, 7) is 3.89. The predicted molar refractivity (Wildman–Crippen MR) is 126 cm³/mol. The van der Waals surface area contributed by atoms with E-state index in [2.05, 4.69) is 6.07 Å². The lowest BCUT2D eigenvalue weighted by Crippen LogP contribution is -2.42. The van der Waals surface area contributed by atoms with Gasteiger partial charge in [0.2, 0.25) is 10.0 Å². The van der Waals surface area contributed by atoms with Gasteiger partial charge in [0.15, 0.2) is 5.78 Å². The van der Waals surface area contributed by atoms with E-state index in [0.717, 1.165) is 11.3 Å². The Kier molecular flexibility index (Phi) is 5.59. The quantitative estimate of drug-likeness (QED) is 0.476. The summed E-state index contributed by atoms with van der Waals surface area (Å²) in [6, 6.07) is 10.7. The lowest BCUT2D eigenvalue weighted by Gasteiger charge is -2.43. The van der Waals surface area contributed by atoms with Gasteiger partial charge in [0.1, 0.15) is 5.82 Å². The average molecular weight is 500 g/mol. The number of nitrogens with zero attached hydrogens (tertiary/aromatic N) is 3. The van der Waals surface area contributed by atoms with Crippen molar-refractivity contribution in [2.24, 2.45) is 16.3 Å². The summed E-state index contributed by atoms with van der Waals surface area (Å²) in [5.41, 5.74) is 7.61. The topological polar surface area (TPSA) is 173 Å². The van der Waals surface area contributed by atoms with Crippen LogP contribution in [-0.4, -0.2) is 19.1 Å². The summed E-state index contributed by atoms with van der Waals surface area (Å²) < 4.78 is 23.4. The smallest absolute Gasteiger partial charge is 0.324 e. The number of Topliss-reactive ketones (excluding diaryl/α,β-unsaturated/α-hetero) is 1. The molecule has 176 valence electrons. The molecular weight excluding hydrogens is 478 g/mol. The Morgan fingerprint density at radius 2 is 1.85 bits per heavy atom. The molecule has 0 fully saturated rings. The molecule has 0 radical (unpaired) electrons. The van der Waals surface area contributed by atoms with E-state index in [9.17, 15) is 28.6 Å². The van der Waals surface area contributed by atoms with Crippen LogP contribution < -0.4 is 15.8 Å². The van der Waals surface area contributed by atoms with Crippen LogP contribution in [0, 0.1) is 26.9 Å². The van der Waals surface area contributed by atoms with Crippen molar-refractivity contribution >= 4 is 37.8 Å². The minimum absolute atomic E-state index is 0.0798. The number of nitriles is 1. The van der Waals surface area contributed by atoms with Crippen LogP contribution in [0.1, 0.15) is 37.5 Å². The number of benzene rings is 1. The number of carbonyl (C=O) groups is 1. The minimum Gasteiger partial charge on any atom is -0.384 e. The molecule has 1 atom stereocenters. The third-order valence-corrected chi connectivity index (χ3v) is 7.91. The highest BCUT2D eigenvalue weighted by Gasteiger charge is 2.45. The Labute approximate surface area is 200 Å². The van der Waals surface area contributed by atoms with E-state index in [0.29, 0.717) is 28.3 Å². The van der Waals surface area contributed by atoms with Crippen molar-refractivity contribution in [1.82, 2.24) is 0 Å². The third-order valence-electron chi connectivity index (χ3n) is 5.88. The number of sulfonamides is 1. The minimum atomic E-state index is -3.91. The second-order valence-corrected chi connectivity index (χ2v) is 11.6. The number of ketones is 1. The third kappa shape index (κ3) is 3.98. The summed E-state index contributed by atoms with van der Waals surface area (Å²) in [6.07, 6.45) is 0.695. The maximum absolute atomic E-state index is 13.4. The molecule has 2 aliphatic rings. The van der Waals surface area contributed by atoms with E-state index < -0.39 is 26.3 Å². The fourth-order valence-electron chi connectivity index (χ4n) is 4.47. The standard InChI is InChI=1S/C22H21N5O5S2/c1-22(2)9-15-20(16(28)10-22)19(17-7-8-18(33-17)27(29)30)14(11-23)21(24)26(15)12-3-5-13(6-4-12)34(25,31)32/h3-8,19H,9-10,24H2,1-2H3,(H2,25,31,32)/t19-/m1/s1. The average Bonchev–Trinajstić information content (AvgIpc) is 3.22. The molecule has 10 nitrogen and oxygen atoms in total. The maximum atomic E-state index is 13.4. The molecule has 1 aliphatic heterocycles. The highest BCUT2D eigenvalue weighted by molar-refractivity contribution is 7.89. The van der Waals surface area contributed by atoms with Crippen LogP contribution in [0.5, 0.6) is 0 Å². The molecule has 1 aliphatic carbocycles. The van der Waals surface area contributed by atoms with Gasteiger partial charge < -0.3 is 5.73 Å². The summed E-state index contributed by atoms with van der Waals surface area (Å²) >= 11 is 0.903. The largest absolute Gasteiger partial charge is 0.384 e. The summed E-state index contributed by atoms with van der Waals surface area (Å²) in [5.74, 6) is -0.905. The molecule has 34 heavy (non-hydrogen) atoms. The summed E-state index contributed by atoms with van der Waals surface area (Å²) in [4.78, 5) is 26.1. The summed E-state index contributed by atoms with van der Waals surface area (Å²) in [7, 11) is -3.91. The van der Waals surface area contributed by atoms with Gasteiger partial charge in [-0.3, -0.25) is 19.8 Å². The Bertz CT molecular complexity index is 1430. The first-order chi connectivity index (χ1) is 15.8. The van der Waals surface area contributed by atoms with Crippen molar-refractivity contribution in [2.75, 3.05) is 4.90 Å². The molecule has 1 aromatic heterocycles. The highest BCUT2D eigenvalue weighted by Crippen LogP contribution is 2.51. The number of anilines is 1. The van der Waals surface area contributed by atoms with Gasteiger partial charge in [0.25, 0.3) is 0 Å². The van der Waals surface area contributed by atoms with Crippen molar-refractivity contribution in [3.05, 3.63) is 74.1 Å². The van der Waals surface area contributed by atoms with Crippen LogP contribution in [0.2, 0.25) is 0 Å². The van der Waals surface area contributed by atoms with E-state index in [4.69, 9.17) is 10.9 Å². The number of nitro groups is 1. The number of nitrogens with two attached hydrogens (primary N) is 2. The lowest BCUT2D eigenvalue weighted by molar-refractivity contribution is -0.380. The molecule has 0 saturated carbocycles. The summed E-state index contributed by atoms with van der Waals surface area (Å²) in [5, 5.41) is 26.4. The van der Waals surface area contributed by atoms with Gasteiger partial charge in [-0.1, -0.05) is 25.2 Å². The molecule has 0 unspecified atom stereocenters. The monoisotopic (exact) mass is 499 g/mol. The van der Waals surface area contributed by atoms with Gasteiger partial charge in [-0.05, 0) is 42.2 Å². The molecular formula is C22H21N5O5S2. The number of hydrogen-bond donors (Lipinski definition) is 2. The van der Waals surface area contributed by atoms with Crippen LogP contribution >= 0.6 is 11.3 Å². The Morgan fingerprint density at radius 3 is 2.38 bits per heavy atom. The van der Waals surface area contributed by atoms with Crippen LogP contribution in [0.25, 0.3) is 0 Å². The van der Waals surface area contributed by atoms with Crippen LogP contribution in [-0.2, 0) is 14.8 Å². The number of allylic oxidation sites excluding steroid dienone is 3. The molecule has 12 heteroatoms. The van der Waals surface area contributed by atoms with Gasteiger partial charge in [0.05, 0.1) is 27.4 Å². The number of primary sulfonamides is 1. The maximum Gasteiger partial charge on any atom is 0.324 e. The van der Waals surface area contributed by atoms with Crippen LogP contribution in [0.4, 0.5) is 10.7 Å². The van der Waals surface area contributed by atoms with E-state index >= 15 is 0 Å². The first-order valence-electron chi connectivity index (χ1n) is 10.2. The van der Waals surface area contributed by atoms with Crippen molar-refractivity contribution in [3.63, 3.8) is 0 Å². The van der Waals surface area contributed by atoms with Crippen molar-refractivity contribution < 1.29 is 18.1 Å². The van der Waals surface area contributed by atoms with Gasteiger partial charge in [0, 0.05) is 34.3 Å². The molecule has 0 amide bonds. The molecule has 0 spiro atoms. The predicted octanol–water partition coefficient (Wildman–Crippen LogP) is 3.24. The van der Waals surface area contributed by atoms with E-state index in [1.54, 1.807) is 11.0 Å². The zero-order chi connectivity index (χ0) is 25.0. The van der Waals surface area contributed by atoms with E-state index in [1.807, 2.05) is 13.8 Å². The molecule has 4 rings (SSSR count). The molecule has 2 aromatic rings. The van der Waals surface area contributed by atoms with E-state index in [1.165, 1.54) is 30.3 Å². The lowest BCUT2D eigenvalue weighted by atomic mass is 9.69. The second-order valence-electron chi connectivity index (χ2n) is 8.95. The number of thiophene rings is 1. The van der Waals surface area contributed by atoms with E-state index in [-0.39, 0.29) is 33.5 Å². The number of carbonyl (C=O) groups excluding carboxylic acids is 1. The molecule has 4 N–H and O–H groups in total. The first-order valence-corrected chi connectivity index (χ1v) is 12.5. The van der Waals surface area contributed by atoms with Crippen LogP contribution in [0.15, 0.2) is 64.0 Å². The zero-order valence-electron chi connectivity index (χ0n) is 18.3. The number of hydrogen-bond acceptors (Lipinski definition) is 9.